The van der Waals surface area contributed by atoms with Crippen molar-refractivity contribution in [3.05, 3.63) is 52.9 Å². The Morgan fingerprint density at radius 3 is 2.39 bits per heavy atom. The first-order valence-corrected chi connectivity index (χ1v) is 11.1. The summed E-state index contributed by atoms with van der Waals surface area (Å²) < 4.78 is 2.13. The maximum atomic E-state index is 12.4. The van der Waals surface area contributed by atoms with Gasteiger partial charge in [0.15, 0.2) is 11.0 Å². The summed E-state index contributed by atoms with van der Waals surface area (Å²) in [6.45, 7) is 3.36. The number of rotatable bonds is 8. The van der Waals surface area contributed by atoms with Gasteiger partial charge in [-0.15, -0.1) is 21.5 Å². The van der Waals surface area contributed by atoms with Gasteiger partial charge in [0.05, 0.1) is 16.0 Å². The summed E-state index contributed by atoms with van der Waals surface area (Å²) in [4.78, 5) is 27.2. The van der Waals surface area contributed by atoms with Gasteiger partial charge in [0, 0.05) is 18.8 Å². The number of nitrogens with zero attached hydrogens (tertiary/aromatic N) is 4. The Bertz CT molecular complexity index is 963. The van der Waals surface area contributed by atoms with Gasteiger partial charge in [0.1, 0.15) is 0 Å². The average Bonchev–Trinajstić information content (AvgIpc) is 3.43. The van der Waals surface area contributed by atoms with Gasteiger partial charge in [0.25, 0.3) is 11.8 Å². The number of aromatic nitrogens is 3. The molecule has 1 aromatic carbocycles. The van der Waals surface area contributed by atoms with Crippen LogP contribution in [0.25, 0.3) is 10.7 Å². The predicted molar refractivity (Wildman–Crippen MR) is 111 cm³/mol. The van der Waals surface area contributed by atoms with E-state index in [1.807, 2.05) is 11.4 Å². The lowest BCUT2D eigenvalue weighted by Crippen LogP contribution is -2.30. The minimum atomic E-state index is -0.181. The van der Waals surface area contributed by atoms with Crippen LogP contribution in [0.2, 0.25) is 0 Å². The molecule has 0 fully saturated rings. The molecule has 2 aromatic heterocycles. The number of amides is 2. The third kappa shape index (κ3) is 3.49. The zero-order chi connectivity index (χ0) is 19.5. The molecule has 3 heterocycles. The van der Waals surface area contributed by atoms with Crippen molar-refractivity contribution >= 4 is 34.9 Å². The van der Waals surface area contributed by atoms with E-state index in [2.05, 4.69) is 27.8 Å². The zero-order valence-corrected chi connectivity index (χ0v) is 17.1. The van der Waals surface area contributed by atoms with E-state index in [1.54, 1.807) is 47.4 Å². The lowest BCUT2D eigenvalue weighted by Gasteiger charge is -2.13. The standard InChI is InChI=1S/C20H20N4O2S2/c1-2-23-17(16-10-7-13-27-16)21-22-20(23)28-12-6-5-11-24-18(25)14-8-3-4-9-15(14)19(24)26/h3-4,7-10,13H,2,5-6,11-12H2,1H3. The van der Waals surface area contributed by atoms with Crippen LogP contribution in [0.4, 0.5) is 0 Å². The molecule has 0 N–H and O–H groups in total. The van der Waals surface area contributed by atoms with Crippen LogP contribution in [0.3, 0.4) is 0 Å². The van der Waals surface area contributed by atoms with Gasteiger partial charge in [-0.05, 0) is 43.3 Å². The molecule has 28 heavy (non-hydrogen) atoms. The fraction of sp³-hybridized carbons (Fsp3) is 0.300. The number of hydrogen-bond acceptors (Lipinski definition) is 6. The summed E-state index contributed by atoms with van der Waals surface area (Å²) in [5.41, 5.74) is 1.03. The van der Waals surface area contributed by atoms with E-state index in [-0.39, 0.29) is 11.8 Å². The highest BCUT2D eigenvalue weighted by atomic mass is 32.2. The summed E-state index contributed by atoms with van der Waals surface area (Å²) in [7, 11) is 0. The summed E-state index contributed by atoms with van der Waals surface area (Å²) in [6.07, 6.45) is 1.67. The van der Waals surface area contributed by atoms with Crippen molar-refractivity contribution in [1.29, 1.82) is 0 Å². The van der Waals surface area contributed by atoms with Crippen molar-refractivity contribution < 1.29 is 9.59 Å². The van der Waals surface area contributed by atoms with E-state index in [4.69, 9.17) is 0 Å². The molecule has 0 aliphatic carbocycles. The van der Waals surface area contributed by atoms with Gasteiger partial charge < -0.3 is 4.57 Å². The molecule has 0 radical (unpaired) electrons. The van der Waals surface area contributed by atoms with E-state index < -0.39 is 0 Å². The fourth-order valence-electron chi connectivity index (χ4n) is 3.25. The molecular formula is C20H20N4O2S2. The van der Waals surface area contributed by atoms with Gasteiger partial charge in [-0.1, -0.05) is 30.0 Å². The molecule has 6 nitrogen and oxygen atoms in total. The molecule has 1 aliphatic rings. The molecule has 144 valence electrons. The number of imide groups is 1. The van der Waals surface area contributed by atoms with Crippen LogP contribution in [0.1, 0.15) is 40.5 Å². The third-order valence-corrected chi connectivity index (χ3v) is 6.58. The molecule has 2 amide bonds. The van der Waals surface area contributed by atoms with Crippen LogP contribution in [0, 0.1) is 0 Å². The highest BCUT2D eigenvalue weighted by molar-refractivity contribution is 7.99. The molecule has 8 heteroatoms. The van der Waals surface area contributed by atoms with Crippen LogP contribution >= 0.6 is 23.1 Å². The second kappa shape index (κ2) is 8.28. The molecule has 0 saturated carbocycles. The average molecular weight is 413 g/mol. The highest BCUT2D eigenvalue weighted by Crippen LogP contribution is 2.28. The smallest absolute Gasteiger partial charge is 0.261 e. The number of thiophene rings is 1. The molecule has 0 spiro atoms. The lowest BCUT2D eigenvalue weighted by molar-refractivity contribution is 0.0652. The second-order valence-electron chi connectivity index (χ2n) is 6.39. The van der Waals surface area contributed by atoms with Crippen LogP contribution in [0.15, 0.2) is 46.9 Å². The zero-order valence-electron chi connectivity index (χ0n) is 15.5. The monoisotopic (exact) mass is 412 g/mol. The van der Waals surface area contributed by atoms with Gasteiger partial charge in [0.2, 0.25) is 0 Å². The van der Waals surface area contributed by atoms with E-state index in [0.717, 1.165) is 41.0 Å². The quantitative estimate of drug-likeness (QED) is 0.315. The van der Waals surface area contributed by atoms with Crippen LogP contribution in [-0.2, 0) is 6.54 Å². The van der Waals surface area contributed by atoms with Gasteiger partial charge in [-0.25, -0.2) is 0 Å². The Kier molecular flexibility index (Phi) is 5.59. The normalized spacial score (nSPS) is 13.4. The van der Waals surface area contributed by atoms with Gasteiger partial charge in [-0.3, -0.25) is 14.5 Å². The number of unbranched alkanes of at least 4 members (excludes halogenated alkanes) is 1. The van der Waals surface area contributed by atoms with Crippen molar-refractivity contribution in [2.45, 2.75) is 31.5 Å². The first-order valence-electron chi connectivity index (χ1n) is 9.25. The molecule has 3 aromatic rings. The molecule has 4 rings (SSSR count). The fourth-order valence-corrected chi connectivity index (χ4v) is 4.96. The minimum Gasteiger partial charge on any atom is -0.302 e. The van der Waals surface area contributed by atoms with E-state index in [1.165, 1.54) is 4.90 Å². The number of benzene rings is 1. The third-order valence-electron chi connectivity index (χ3n) is 4.66. The van der Waals surface area contributed by atoms with E-state index in [0.29, 0.717) is 17.7 Å². The summed E-state index contributed by atoms with van der Waals surface area (Å²) >= 11 is 3.32. The number of hydrogen-bond donors (Lipinski definition) is 0. The maximum absolute atomic E-state index is 12.4. The lowest BCUT2D eigenvalue weighted by atomic mass is 10.1. The summed E-state index contributed by atoms with van der Waals surface area (Å²) in [5.74, 6) is 1.41. The molecule has 0 atom stereocenters. The van der Waals surface area contributed by atoms with Crippen molar-refractivity contribution in [2.24, 2.45) is 0 Å². The summed E-state index contributed by atoms with van der Waals surface area (Å²) in [5, 5.41) is 11.6. The Balaban J connectivity index is 1.29. The minimum absolute atomic E-state index is 0.181. The van der Waals surface area contributed by atoms with E-state index in [9.17, 15) is 9.59 Å². The van der Waals surface area contributed by atoms with E-state index >= 15 is 0 Å². The molecule has 0 unspecified atom stereocenters. The van der Waals surface area contributed by atoms with Gasteiger partial charge >= 0.3 is 0 Å². The first kappa shape index (κ1) is 18.9. The molecule has 1 aliphatic heterocycles. The Morgan fingerprint density at radius 2 is 1.75 bits per heavy atom. The number of carbonyl (C=O) groups is 2. The largest absolute Gasteiger partial charge is 0.302 e. The molecule has 0 bridgehead atoms. The number of thioether (sulfide) groups is 1. The first-order chi connectivity index (χ1) is 13.7. The SMILES string of the molecule is CCn1c(SCCCCN2C(=O)c3ccccc3C2=O)nnc1-c1cccs1. The maximum Gasteiger partial charge on any atom is 0.261 e. The number of carbonyl (C=O) groups excluding carboxylic acids is 2. The number of fused-ring (bicyclic) bond motifs is 1. The predicted octanol–water partition coefficient (Wildman–Crippen LogP) is 4.20. The molecule has 0 saturated heterocycles. The van der Waals surface area contributed by atoms with Crippen molar-refractivity contribution in [2.75, 3.05) is 12.3 Å². The van der Waals surface area contributed by atoms with Crippen LogP contribution in [0.5, 0.6) is 0 Å². The Morgan fingerprint density at radius 1 is 1.00 bits per heavy atom. The van der Waals surface area contributed by atoms with Crippen LogP contribution in [-0.4, -0.2) is 43.8 Å². The van der Waals surface area contributed by atoms with Gasteiger partial charge in [-0.2, -0.15) is 0 Å². The Labute approximate surface area is 171 Å². The Hall–Kier alpha value is -2.45. The van der Waals surface area contributed by atoms with Crippen LogP contribution < -0.4 is 0 Å². The molecular weight excluding hydrogens is 392 g/mol. The highest BCUT2D eigenvalue weighted by Gasteiger charge is 2.34. The summed E-state index contributed by atoms with van der Waals surface area (Å²) in [6, 6.07) is 11.1. The van der Waals surface area contributed by atoms with Crippen molar-refractivity contribution in [3.63, 3.8) is 0 Å². The second-order valence-corrected chi connectivity index (χ2v) is 8.40. The topological polar surface area (TPSA) is 68.1 Å². The van der Waals surface area contributed by atoms with Crippen molar-refractivity contribution in [3.8, 4) is 10.7 Å². The van der Waals surface area contributed by atoms with Crippen molar-refractivity contribution in [1.82, 2.24) is 19.7 Å².